The fraction of sp³-hybridized carbons (Fsp3) is 0.360. The Bertz CT molecular complexity index is 1180. The number of hydrogen-bond acceptors (Lipinski definition) is 6. The highest BCUT2D eigenvalue weighted by atomic mass is 32.3. The molecule has 3 aromatic rings. The van der Waals surface area contributed by atoms with Gasteiger partial charge in [0, 0.05) is 25.2 Å². The molecule has 9 heteroatoms. The number of nitrogens with zero attached hydrogens (tertiary/aromatic N) is 3. The third-order valence-corrected chi connectivity index (χ3v) is 8.10. The fourth-order valence-corrected chi connectivity index (χ4v) is 5.94. The summed E-state index contributed by atoms with van der Waals surface area (Å²) in [6.45, 7) is 7.24. The number of imidazole rings is 1. The van der Waals surface area contributed by atoms with E-state index in [2.05, 4.69) is 4.98 Å². The van der Waals surface area contributed by atoms with Gasteiger partial charge in [0.05, 0.1) is 25.0 Å². The van der Waals surface area contributed by atoms with Gasteiger partial charge in [-0.3, -0.25) is 13.9 Å². The second kappa shape index (κ2) is 9.79. The standard InChI is InChI=1S/C25H31N3O5S/c1-4-27-15-22(26-16-27)21(12-25(29)30)19-10-9-17(2)20(11-19)14-28-13-18(3)33-23-7-5-6-8-24(23)34(28,31)32/h5-11,15-16,18,21,31-32H,4,12-14H2,1-3H3,(H,29,30)/t18-,21?/m1/s1. The van der Waals surface area contributed by atoms with Crippen LogP contribution in [0.5, 0.6) is 5.75 Å². The zero-order valence-corrected chi connectivity index (χ0v) is 20.4. The van der Waals surface area contributed by atoms with Crippen molar-refractivity contribution >= 4 is 16.7 Å². The van der Waals surface area contributed by atoms with E-state index in [1.54, 1.807) is 28.8 Å². The molecule has 0 aliphatic carbocycles. The molecule has 4 rings (SSSR count). The average molecular weight is 486 g/mol. The van der Waals surface area contributed by atoms with Gasteiger partial charge in [0.15, 0.2) is 0 Å². The molecular formula is C25H31N3O5S. The number of carboxylic acid groups (broad SMARTS) is 1. The van der Waals surface area contributed by atoms with Crippen molar-refractivity contribution in [1.82, 2.24) is 13.9 Å². The van der Waals surface area contributed by atoms with Crippen molar-refractivity contribution in [1.29, 1.82) is 0 Å². The van der Waals surface area contributed by atoms with Crippen LogP contribution >= 0.6 is 10.8 Å². The smallest absolute Gasteiger partial charge is 0.304 e. The van der Waals surface area contributed by atoms with Crippen LogP contribution < -0.4 is 4.74 Å². The summed E-state index contributed by atoms with van der Waals surface area (Å²) in [6, 6.07) is 12.9. The van der Waals surface area contributed by atoms with E-state index in [-0.39, 0.29) is 19.1 Å². The van der Waals surface area contributed by atoms with Gasteiger partial charge >= 0.3 is 5.97 Å². The number of carbonyl (C=O) groups is 1. The number of fused-ring (bicyclic) bond motifs is 1. The molecule has 1 aromatic heterocycles. The van der Waals surface area contributed by atoms with Crippen molar-refractivity contribution in [3.8, 4) is 5.75 Å². The molecule has 1 aliphatic heterocycles. The lowest BCUT2D eigenvalue weighted by Gasteiger charge is -2.42. The number of hydrogen-bond donors (Lipinski definition) is 3. The van der Waals surface area contributed by atoms with Gasteiger partial charge in [-0.1, -0.05) is 30.3 Å². The molecule has 0 amide bonds. The van der Waals surface area contributed by atoms with Crippen molar-refractivity contribution in [3.63, 3.8) is 0 Å². The van der Waals surface area contributed by atoms with E-state index >= 15 is 0 Å². The number of rotatable bonds is 7. The lowest BCUT2D eigenvalue weighted by molar-refractivity contribution is -0.137. The van der Waals surface area contributed by atoms with Gasteiger partial charge in [-0.05, 0) is 49.6 Å². The minimum absolute atomic E-state index is 0.0830. The first kappa shape index (κ1) is 24.3. The predicted octanol–water partition coefficient (Wildman–Crippen LogP) is 5.13. The number of aryl methyl sites for hydroxylation is 2. The van der Waals surface area contributed by atoms with Crippen LogP contribution in [-0.2, 0) is 17.9 Å². The molecular weight excluding hydrogens is 454 g/mol. The largest absolute Gasteiger partial charge is 0.487 e. The second-order valence-electron chi connectivity index (χ2n) is 8.68. The van der Waals surface area contributed by atoms with E-state index in [1.165, 1.54) is 0 Å². The van der Waals surface area contributed by atoms with E-state index in [9.17, 15) is 19.0 Å². The maximum Gasteiger partial charge on any atom is 0.304 e. The molecule has 0 bridgehead atoms. The maximum atomic E-state index is 11.7. The summed E-state index contributed by atoms with van der Waals surface area (Å²) < 4.78 is 32.0. The van der Waals surface area contributed by atoms with Crippen LogP contribution in [0.25, 0.3) is 0 Å². The van der Waals surface area contributed by atoms with Gasteiger partial charge in [-0.25, -0.2) is 4.98 Å². The van der Waals surface area contributed by atoms with Crippen molar-refractivity contribution in [2.75, 3.05) is 6.54 Å². The number of carboxylic acids is 1. The van der Waals surface area contributed by atoms with E-state index in [1.807, 2.05) is 55.8 Å². The fourth-order valence-electron chi connectivity index (χ4n) is 4.28. The monoisotopic (exact) mass is 485 g/mol. The van der Waals surface area contributed by atoms with E-state index < -0.39 is 22.7 Å². The Morgan fingerprint density at radius 2 is 2.03 bits per heavy atom. The van der Waals surface area contributed by atoms with E-state index in [0.29, 0.717) is 22.9 Å². The Morgan fingerprint density at radius 1 is 1.26 bits per heavy atom. The minimum Gasteiger partial charge on any atom is -0.487 e. The topological polar surface area (TPSA) is 108 Å². The lowest BCUT2D eigenvalue weighted by Crippen LogP contribution is -2.33. The van der Waals surface area contributed by atoms with Crippen LogP contribution in [0, 0.1) is 6.92 Å². The summed E-state index contributed by atoms with van der Waals surface area (Å²) in [7, 11) is -3.27. The molecule has 2 heterocycles. The molecule has 34 heavy (non-hydrogen) atoms. The highest BCUT2D eigenvalue weighted by molar-refractivity contribution is 8.22. The first-order chi connectivity index (χ1) is 16.2. The molecule has 8 nitrogen and oxygen atoms in total. The lowest BCUT2D eigenvalue weighted by atomic mass is 9.90. The average Bonchev–Trinajstić information content (AvgIpc) is 3.24. The van der Waals surface area contributed by atoms with Gasteiger partial charge in [0.2, 0.25) is 0 Å². The molecule has 1 aliphatic rings. The summed E-state index contributed by atoms with van der Waals surface area (Å²) in [5, 5.41) is 9.56. The van der Waals surface area contributed by atoms with E-state index in [0.717, 1.165) is 23.2 Å². The number of ether oxygens (including phenoxy) is 1. The first-order valence-electron chi connectivity index (χ1n) is 11.3. The van der Waals surface area contributed by atoms with Crippen molar-refractivity contribution in [2.45, 2.75) is 57.2 Å². The van der Waals surface area contributed by atoms with Crippen molar-refractivity contribution in [2.24, 2.45) is 0 Å². The second-order valence-corrected chi connectivity index (χ2v) is 10.7. The summed E-state index contributed by atoms with van der Waals surface area (Å²) in [6.07, 6.45) is 3.27. The third-order valence-electron chi connectivity index (χ3n) is 6.17. The van der Waals surface area contributed by atoms with Gasteiger partial charge in [0.1, 0.15) is 16.7 Å². The number of aromatic nitrogens is 2. The van der Waals surface area contributed by atoms with Crippen LogP contribution in [0.4, 0.5) is 0 Å². The SMILES string of the molecule is CCn1cnc(C(CC(=O)O)c2ccc(C)c(CN3C[C@@H](C)Oc4ccccc4S3(O)O)c2)c1. The molecule has 0 saturated heterocycles. The normalized spacial score (nSPS) is 19.5. The quantitative estimate of drug-likeness (QED) is 0.426. The summed E-state index contributed by atoms with van der Waals surface area (Å²) >= 11 is 0. The first-order valence-corrected chi connectivity index (χ1v) is 12.8. The minimum atomic E-state index is -3.27. The maximum absolute atomic E-state index is 11.7. The Balaban J connectivity index is 1.69. The van der Waals surface area contributed by atoms with Crippen LogP contribution in [0.3, 0.4) is 0 Å². The van der Waals surface area contributed by atoms with Crippen molar-refractivity contribution < 1.29 is 23.7 Å². The molecule has 0 saturated carbocycles. The highest BCUT2D eigenvalue weighted by Gasteiger charge is 2.34. The van der Waals surface area contributed by atoms with Crippen LogP contribution in [0.1, 0.15) is 48.6 Å². The van der Waals surface area contributed by atoms with E-state index in [4.69, 9.17) is 4.74 Å². The number of benzene rings is 2. The van der Waals surface area contributed by atoms with Gasteiger partial charge in [-0.2, -0.15) is 4.31 Å². The Hall–Kier alpha value is -2.85. The molecule has 2 aromatic carbocycles. The predicted molar refractivity (Wildman–Crippen MR) is 131 cm³/mol. The Kier molecular flexibility index (Phi) is 6.99. The summed E-state index contributed by atoms with van der Waals surface area (Å²) in [5.41, 5.74) is 3.42. The summed E-state index contributed by atoms with van der Waals surface area (Å²) in [5.74, 6) is -0.824. The molecule has 3 N–H and O–H groups in total. The van der Waals surface area contributed by atoms with Crippen LogP contribution in [-0.4, -0.2) is 46.7 Å². The van der Waals surface area contributed by atoms with Gasteiger partial charge in [0.25, 0.3) is 0 Å². The van der Waals surface area contributed by atoms with Gasteiger partial charge in [-0.15, -0.1) is 10.8 Å². The molecule has 2 atom stereocenters. The molecule has 182 valence electrons. The highest BCUT2D eigenvalue weighted by Crippen LogP contribution is 2.57. The molecule has 0 spiro atoms. The van der Waals surface area contributed by atoms with Crippen molar-refractivity contribution in [3.05, 3.63) is 77.4 Å². The van der Waals surface area contributed by atoms with Crippen LogP contribution in [0.2, 0.25) is 0 Å². The number of para-hydroxylation sites is 1. The van der Waals surface area contributed by atoms with Crippen LogP contribution in [0.15, 0.2) is 59.9 Å². The zero-order chi connectivity index (χ0) is 24.5. The Morgan fingerprint density at radius 3 is 2.74 bits per heavy atom. The molecule has 0 fully saturated rings. The number of aliphatic carboxylic acids is 1. The molecule has 0 radical (unpaired) electrons. The molecule has 1 unspecified atom stereocenters. The zero-order valence-electron chi connectivity index (χ0n) is 19.6. The van der Waals surface area contributed by atoms with Gasteiger partial charge < -0.3 is 14.4 Å². The summed E-state index contributed by atoms with van der Waals surface area (Å²) in [4.78, 5) is 16.5. The Labute approximate surface area is 201 Å². The third kappa shape index (κ3) is 4.97.